The summed E-state index contributed by atoms with van der Waals surface area (Å²) in [6, 6.07) is -0.0956. The van der Waals surface area contributed by atoms with E-state index < -0.39 is 0 Å². The molecule has 0 radical (unpaired) electrons. The molecule has 0 aliphatic carbocycles. The van der Waals surface area contributed by atoms with Crippen LogP contribution in [-0.2, 0) is 14.3 Å². The smallest absolute Gasteiger partial charge is 0.322 e. The highest BCUT2D eigenvalue weighted by molar-refractivity contribution is 5.77. The van der Waals surface area contributed by atoms with Gasteiger partial charge in [0.25, 0.3) is 0 Å². The molecule has 1 saturated heterocycles. The van der Waals surface area contributed by atoms with E-state index in [0.29, 0.717) is 19.4 Å². The fourth-order valence-corrected chi connectivity index (χ4v) is 1.65. The summed E-state index contributed by atoms with van der Waals surface area (Å²) in [5.41, 5.74) is 0. The van der Waals surface area contributed by atoms with Crippen LogP contribution >= 0.6 is 0 Å². The molecule has 1 amide bonds. The van der Waals surface area contributed by atoms with E-state index in [1.54, 1.807) is 0 Å². The van der Waals surface area contributed by atoms with Crippen molar-refractivity contribution in [2.45, 2.75) is 38.3 Å². The van der Waals surface area contributed by atoms with Crippen LogP contribution in [0, 0.1) is 0 Å². The Hall–Kier alpha value is -1.10. The quantitative estimate of drug-likeness (QED) is 0.636. The predicted molar refractivity (Wildman–Crippen MR) is 55.3 cm³/mol. The van der Waals surface area contributed by atoms with Crippen molar-refractivity contribution in [2.75, 3.05) is 13.7 Å². The number of rotatable bonds is 4. The molecule has 2 unspecified atom stereocenters. The summed E-state index contributed by atoms with van der Waals surface area (Å²) >= 11 is 0. The van der Waals surface area contributed by atoms with Gasteiger partial charge in [0, 0.05) is 19.0 Å². The van der Waals surface area contributed by atoms with Crippen molar-refractivity contribution in [1.82, 2.24) is 10.6 Å². The Balaban J connectivity index is 2.38. The van der Waals surface area contributed by atoms with E-state index in [0.717, 1.165) is 6.42 Å². The van der Waals surface area contributed by atoms with Crippen LogP contribution in [0.1, 0.15) is 26.2 Å². The van der Waals surface area contributed by atoms with E-state index in [4.69, 9.17) is 0 Å². The van der Waals surface area contributed by atoms with Crippen LogP contribution in [0.25, 0.3) is 0 Å². The van der Waals surface area contributed by atoms with Crippen molar-refractivity contribution in [2.24, 2.45) is 0 Å². The second-order valence-corrected chi connectivity index (χ2v) is 3.69. The Morgan fingerprint density at radius 1 is 1.73 bits per heavy atom. The Morgan fingerprint density at radius 2 is 2.47 bits per heavy atom. The van der Waals surface area contributed by atoms with Crippen LogP contribution in [0.2, 0.25) is 0 Å². The lowest BCUT2D eigenvalue weighted by Crippen LogP contribution is -2.51. The van der Waals surface area contributed by atoms with Gasteiger partial charge in [0.15, 0.2) is 0 Å². The van der Waals surface area contributed by atoms with Crippen molar-refractivity contribution in [3.05, 3.63) is 0 Å². The first kappa shape index (κ1) is 12.0. The van der Waals surface area contributed by atoms with Crippen LogP contribution < -0.4 is 10.6 Å². The summed E-state index contributed by atoms with van der Waals surface area (Å²) in [5, 5.41) is 5.95. The zero-order valence-electron chi connectivity index (χ0n) is 9.21. The first-order valence-corrected chi connectivity index (χ1v) is 5.28. The fourth-order valence-electron chi connectivity index (χ4n) is 1.65. The third-order valence-corrected chi connectivity index (χ3v) is 2.60. The van der Waals surface area contributed by atoms with Crippen molar-refractivity contribution in [3.8, 4) is 0 Å². The molecule has 1 heterocycles. The molecular weight excluding hydrogens is 196 g/mol. The van der Waals surface area contributed by atoms with E-state index in [2.05, 4.69) is 15.4 Å². The molecule has 0 aromatic heterocycles. The number of piperidine rings is 1. The largest absolute Gasteiger partial charge is 0.468 e. The van der Waals surface area contributed by atoms with Crippen LogP contribution in [0.5, 0.6) is 0 Å². The molecule has 1 aliphatic heterocycles. The molecule has 2 N–H and O–H groups in total. The molecule has 1 fully saturated rings. The molecule has 5 heteroatoms. The van der Waals surface area contributed by atoms with Gasteiger partial charge in [0.05, 0.1) is 7.11 Å². The van der Waals surface area contributed by atoms with Crippen molar-refractivity contribution in [1.29, 1.82) is 0 Å². The SMILES string of the molecule is CCC(NC1CCC(=O)NC1)C(=O)OC. The van der Waals surface area contributed by atoms with Gasteiger partial charge in [-0.2, -0.15) is 0 Å². The lowest BCUT2D eigenvalue weighted by atomic mass is 10.1. The lowest BCUT2D eigenvalue weighted by Gasteiger charge is -2.26. The lowest BCUT2D eigenvalue weighted by molar-refractivity contribution is -0.143. The number of ether oxygens (including phenoxy) is 1. The van der Waals surface area contributed by atoms with Crippen LogP contribution in [0.4, 0.5) is 0 Å². The van der Waals surface area contributed by atoms with E-state index in [1.807, 2.05) is 6.92 Å². The summed E-state index contributed by atoms with van der Waals surface area (Å²) in [7, 11) is 1.38. The maximum atomic E-state index is 11.3. The van der Waals surface area contributed by atoms with Gasteiger partial charge in [0.1, 0.15) is 6.04 Å². The normalized spacial score (nSPS) is 23.1. The summed E-state index contributed by atoms with van der Waals surface area (Å²) in [6.45, 7) is 2.52. The van der Waals surface area contributed by atoms with E-state index in [-0.39, 0.29) is 24.0 Å². The second-order valence-electron chi connectivity index (χ2n) is 3.69. The Morgan fingerprint density at radius 3 is 2.93 bits per heavy atom. The third-order valence-electron chi connectivity index (χ3n) is 2.60. The number of nitrogens with one attached hydrogen (secondary N) is 2. The Labute approximate surface area is 89.6 Å². The first-order valence-electron chi connectivity index (χ1n) is 5.28. The third kappa shape index (κ3) is 3.51. The number of carbonyl (C=O) groups excluding carboxylic acids is 2. The average Bonchev–Trinajstić information content (AvgIpc) is 2.27. The predicted octanol–water partition coefficient (Wildman–Crippen LogP) is -0.194. The van der Waals surface area contributed by atoms with Crippen molar-refractivity contribution < 1.29 is 14.3 Å². The zero-order valence-corrected chi connectivity index (χ0v) is 9.21. The molecule has 15 heavy (non-hydrogen) atoms. The van der Waals surface area contributed by atoms with Crippen LogP contribution in [-0.4, -0.2) is 37.6 Å². The summed E-state index contributed by atoms with van der Waals surface area (Å²) in [5.74, 6) is -0.159. The molecule has 1 rings (SSSR count). The van der Waals surface area contributed by atoms with Gasteiger partial charge in [-0.15, -0.1) is 0 Å². The van der Waals surface area contributed by atoms with Crippen LogP contribution in [0.3, 0.4) is 0 Å². The first-order chi connectivity index (χ1) is 7.17. The van der Waals surface area contributed by atoms with Gasteiger partial charge < -0.3 is 10.1 Å². The fraction of sp³-hybridized carbons (Fsp3) is 0.800. The van der Waals surface area contributed by atoms with Crippen molar-refractivity contribution in [3.63, 3.8) is 0 Å². The van der Waals surface area contributed by atoms with Gasteiger partial charge in [0.2, 0.25) is 5.91 Å². The summed E-state index contributed by atoms with van der Waals surface area (Å²) in [6.07, 6.45) is 1.99. The molecule has 1 aliphatic rings. The highest BCUT2D eigenvalue weighted by Gasteiger charge is 2.24. The number of carbonyl (C=O) groups is 2. The minimum atomic E-state index is -0.269. The molecule has 5 nitrogen and oxygen atoms in total. The van der Waals surface area contributed by atoms with E-state index in [1.165, 1.54) is 7.11 Å². The van der Waals surface area contributed by atoms with Crippen LogP contribution in [0.15, 0.2) is 0 Å². The number of amides is 1. The van der Waals surface area contributed by atoms with Gasteiger partial charge in [-0.25, -0.2) is 0 Å². The molecule has 0 aromatic carbocycles. The highest BCUT2D eigenvalue weighted by atomic mass is 16.5. The van der Waals surface area contributed by atoms with Gasteiger partial charge in [-0.05, 0) is 12.8 Å². The summed E-state index contributed by atoms with van der Waals surface area (Å²) < 4.78 is 4.68. The second kappa shape index (κ2) is 5.70. The molecule has 2 atom stereocenters. The maximum Gasteiger partial charge on any atom is 0.322 e. The topological polar surface area (TPSA) is 67.4 Å². The van der Waals surface area contributed by atoms with Crippen molar-refractivity contribution >= 4 is 11.9 Å². The van der Waals surface area contributed by atoms with Gasteiger partial charge >= 0.3 is 5.97 Å². The Kier molecular flexibility index (Phi) is 4.55. The summed E-state index contributed by atoms with van der Waals surface area (Å²) in [4.78, 5) is 22.2. The molecule has 0 spiro atoms. The molecule has 0 bridgehead atoms. The monoisotopic (exact) mass is 214 g/mol. The number of methoxy groups -OCH3 is 1. The number of esters is 1. The molecular formula is C10H18N2O3. The van der Waals surface area contributed by atoms with Gasteiger partial charge in [-0.3, -0.25) is 14.9 Å². The molecule has 86 valence electrons. The van der Waals surface area contributed by atoms with E-state index >= 15 is 0 Å². The standard InChI is InChI=1S/C10H18N2O3/c1-3-8(10(14)15-2)12-7-4-5-9(13)11-6-7/h7-8,12H,3-6H2,1-2H3,(H,11,13). The zero-order chi connectivity index (χ0) is 11.3. The van der Waals surface area contributed by atoms with Gasteiger partial charge in [-0.1, -0.05) is 6.92 Å². The molecule has 0 saturated carbocycles. The highest BCUT2D eigenvalue weighted by Crippen LogP contribution is 2.05. The maximum absolute atomic E-state index is 11.3. The molecule has 0 aromatic rings. The minimum Gasteiger partial charge on any atom is -0.468 e. The average molecular weight is 214 g/mol. The number of hydrogen-bond acceptors (Lipinski definition) is 4. The Bertz CT molecular complexity index is 233. The number of hydrogen-bond donors (Lipinski definition) is 2. The van der Waals surface area contributed by atoms with E-state index in [9.17, 15) is 9.59 Å². The minimum absolute atomic E-state index is 0.0826.